The van der Waals surface area contributed by atoms with Crippen LogP contribution in [0.25, 0.3) is 0 Å². The molecule has 2 heterocycles. The van der Waals surface area contributed by atoms with E-state index in [4.69, 9.17) is 4.74 Å². The molecular formula is C36H48N6O4S2. The van der Waals surface area contributed by atoms with E-state index in [1.807, 2.05) is 79.9 Å². The number of urea groups is 1. The number of benzene rings is 2. The summed E-state index contributed by atoms with van der Waals surface area (Å²) in [5.41, 5.74) is 4.84. The van der Waals surface area contributed by atoms with Gasteiger partial charge >= 0.3 is 12.1 Å². The molecule has 3 atom stereocenters. The number of thioether (sulfide) groups is 1. The maximum absolute atomic E-state index is 13.8. The number of aromatic nitrogens is 1. The molecule has 1 aromatic heterocycles. The fourth-order valence-electron chi connectivity index (χ4n) is 5.45. The van der Waals surface area contributed by atoms with Gasteiger partial charge in [-0.3, -0.25) is 9.78 Å². The summed E-state index contributed by atoms with van der Waals surface area (Å²) in [6, 6.07) is 18.5. The Morgan fingerprint density at radius 2 is 1.52 bits per heavy atom. The quantitative estimate of drug-likeness (QED) is 0.144. The topological polar surface area (TPSA) is 125 Å². The SMILES string of the molecule is CC(C)[C@H](NC(=O)N(C)CC1=CSC(C)(C)N1)C(=O)N[C@H](CC[C@H](Cc1ccccc1)NC(=O)OCc1cncs1)Cc1ccccc1. The number of rotatable bonds is 16. The van der Waals surface area contributed by atoms with Crippen molar-refractivity contribution in [2.24, 2.45) is 5.92 Å². The average Bonchev–Trinajstić information content (AvgIpc) is 3.70. The minimum atomic E-state index is -0.727. The molecule has 258 valence electrons. The maximum atomic E-state index is 13.8. The molecule has 0 saturated carbocycles. The molecule has 0 aliphatic carbocycles. The maximum Gasteiger partial charge on any atom is 0.407 e. The lowest BCUT2D eigenvalue weighted by Gasteiger charge is -2.29. The molecule has 0 unspecified atom stereocenters. The van der Waals surface area contributed by atoms with Gasteiger partial charge in [-0.15, -0.1) is 23.1 Å². The van der Waals surface area contributed by atoms with Gasteiger partial charge in [0.2, 0.25) is 5.91 Å². The Morgan fingerprint density at radius 3 is 2.04 bits per heavy atom. The van der Waals surface area contributed by atoms with Crippen molar-refractivity contribution < 1.29 is 19.1 Å². The van der Waals surface area contributed by atoms with E-state index in [9.17, 15) is 14.4 Å². The number of hydrogen-bond donors (Lipinski definition) is 4. The van der Waals surface area contributed by atoms with Crippen molar-refractivity contribution in [2.75, 3.05) is 13.6 Å². The highest BCUT2D eigenvalue weighted by molar-refractivity contribution is 8.03. The zero-order valence-corrected chi connectivity index (χ0v) is 30.0. The lowest BCUT2D eigenvalue weighted by molar-refractivity contribution is -0.124. The van der Waals surface area contributed by atoms with Crippen LogP contribution in [0.5, 0.6) is 0 Å². The van der Waals surface area contributed by atoms with Gasteiger partial charge in [-0.2, -0.15) is 0 Å². The molecule has 2 aromatic carbocycles. The van der Waals surface area contributed by atoms with Crippen molar-refractivity contribution in [2.45, 2.75) is 83.0 Å². The Kier molecular flexibility index (Phi) is 13.7. The van der Waals surface area contributed by atoms with E-state index in [0.29, 0.717) is 32.2 Å². The van der Waals surface area contributed by atoms with E-state index >= 15 is 0 Å². The van der Waals surface area contributed by atoms with Crippen LogP contribution in [0.2, 0.25) is 0 Å². The molecule has 1 aliphatic heterocycles. The molecule has 4 amide bonds. The molecule has 3 aromatic rings. The number of carbonyl (C=O) groups is 3. The normalized spacial score (nSPS) is 15.4. The van der Waals surface area contributed by atoms with Gasteiger partial charge in [0, 0.05) is 31.0 Å². The first-order chi connectivity index (χ1) is 23.0. The fourth-order valence-corrected chi connectivity index (χ4v) is 6.71. The highest BCUT2D eigenvalue weighted by Crippen LogP contribution is 2.30. The molecule has 4 N–H and O–H groups in total. The van der Waals surface area contributed by atoms with Crippen molar-refractivity contribution in [1.29, 1.82) is 0 Å². The molecule has 0 saturated heterocycles. The number of thiazole rings is 1. The lowest BCUT2D eigenvalue weighted by atomic mass is 9.95. The van der Waals surface area contributed by atoms with Gasteiger partial charge in [0.1, 0.15) is 12.6 Å². The Hall–Kier alpha value is -4.03. The second-order valence-electron chi connectivity index (χ2n) is 13.0. The van der Waals surface area contributed by atoms with Crippen LogP contribution in [0.3, 0.4) is 0 Å². The summed E-state index contributed by atoms with van der Waals surface area (Å²) in [5.74, 6) is -0.377. The van der Waals surface area contributed by atoms with Gasteiger partial charge in [0.25, 0.3) is 0 Å². The minimum Gasteiger partial charge on any atom is -0.444 e. The van der Waals surface area contributed by atoms with Crippen LogP contribution in [0.4, 0.5) is 9.59 Å². The number of carbonyl (C=O) groups excluding carboxylic acids is 3. The summed E-state index contributed by atoms with van der Waals surface area (Å²) in [6.07, 6.45) is 3.60. The molecule has 4 rings (SSSR count). The zero-order valence-electron chi connectivity index (χ0n) is 28.4. The number of amides is 4. The van der Waals surface area contributed by atoms with Crippen molar-refractivity contribution in [1.82, 2.24) is 31.2 Å². The molecule has 0 fully saturated rings. The molecule has 0 spiro atoms. The van der Waals surface area contributed by atoms with Gasteiger partial charge in [0.05, 0.1) is 21.8 Å². The minimum absolute atomic E-state index is 0.113. The number of hydrogen-bond acceptors (Lipinski definition) is 8. The largest absolute Gasteiger partial charge is 0.444 e. The van der Waals surface area contributed by atoms with Crippen LogP contribution in [-0.2, 0) is 29.0 Å². The highest BCUT2D eigenvalue weighted by Gasteiger charge is 2.30. The Labute approximate surface area is 292 Å². The fraction of sp³-hybridized carbons (Fsp3) is 0.444. The predicted molar refractivity (Wildman–Crippen MR) is 193 cm³/mol. The van der Waals surface area contributed by atoms with Crippen LogP contribution in [0, 0.1) is 5.92 Å². The van der Waals surface area contributed by atoms with E-state index in [1.165, 1.54) is 11.3 Å². The van der Waals surface area contributed by atoms with Crippen LogP contribution in [0.15, 0.2) is 83.5 Å². The Bertz CT molecular complexity index is 1480. The summed E-state index contributed by atoms with van der Waals surface area (Å²) in [4.78, 5) is 46.3. The standard InChI is InChI=1S/C36H48N6O4S2/c1-25(2)32(40-34(44)42(5)21-30-23-48-36(3,4)41-30)33(43)38-28(18-26-12-8-6-9-13-26)16-17-29(19-27-14-10-7-11-15-27)39-35(45)46-22-31-20-37-24-47-31/h6-15,20,23-25,28-29,32,41H,16-19,21-22H2,1-5H3,(H,38,43)(H,39,45)(H,40,44)/t28-,29-,32+/m1/s1. The second-order valence-corrected chi connectivity index (χ2v) is 15.4. The molecular weight excluding hydrogens is 645 g/mol. The van der Waals surface area contributed by atoms with Crippen molar-refractivity contribution in [3.8, 4) is 0 Å². The number of nitrogens with one attached hydrogen (secondary N) is 4. The number of likely N-dealkylation sites (N-methyl/N-ethyl adjacent to an activating group) is 1. The molecule has 0 radical (unpaired) electrons. The Morgan fingerprint density at radius 1 is 0.917 bits per heavy atom. The first-order valence-electron chi connectivity index (χ1n) is 16.3. The van der Waals surface area contributed by atoms with Crippen molar-refractivity contribution in [3.63, 3.8) is 0 Å². The number of ether oxygens (including phenoxy) is 1. The van der Waals surface area contributed by atoms with Crippen molar-refractivity contribution in [3.05, 3.63) is 99.5 Å². The summed E-state index contributed by atoms with van der Waals surface area (Å²) in [6.45, 7) is 8.59. The lowest BCUT2D eigenvalue weighted by Crippen LogP contribution is -2.55. The van der Waals surface area contributed by atoms with Gasteiger partial charge in [-0.25, -0.2) is 9.59 Å². The van der Waals surface area contributed by atoms with E-state index in [0.717, 1.165) is 21.7 Å². The summed E-state index contributed by atoms with van der Waals surface area (Å²) < 4.78 is 5.49. The average molecular weight is 693 g/mol. The van der Waals surface area contributed by atoms with E-state index in [1.54, 1.807) is 35.4 Å². The molecule has 1 aliphatic rings. The van der Waals surface area contributed by atoms with Crippen LogP contribution in [0.1, 0.15) is 56.5 Å². The van der Waals surface area contributed by atoms with E-state index < -0.39 is 12.1 Å². The monoisotopic (exact) mass is 692 g/mol. The third-order valence-electron chi connectivity index (χ3n) is 7.95. The summed E-state index contributed by atoms with van der Waals surface area (Å²) in [5, 5.41) is 14.7. The van der Waals surface area contributed by atoms with Gasteiger partial charge in [0.15, 0.2) is 0 Å². The van der Waals surface area contributed by atoms with Crippen LogP contribution < -0.4 is 21.3 Å². The first-order valence-corrected chi connectivity index (χ1v) is 18.1. The van der Waals surface area contributed by atoms with Gasteiger partial charge in [-0.05, 0) is 62.0 Å². The second kappa shape index (κ2) is 17.9. The number of alkyl carbamates (subject to hydrolysis) is 1. The molecule has 48 heavy (non-hydrogen) atoms. The van der Waals surface area contributed by atoms with Crippen LogP contribution in [-0.4, -0.2) is 64.5 Å². The molecule has 0 bridgehead atoms. The predicted octanol–water partition coefficient (Wildman–Crippen LogP) is 6.07. The van der Waals surface area contributed by atoms with E-state index in [-0.39, 0.29) is 41.4 Å². The third-order valence-corrected chi connectivity index (χ3v) is 9.80. The summed E-state index contributed by atoms with van der Waals surface area (Å²) in [7, 11) is 1.73. The highest BCUT2D eigenvalue weighted by atomic mass is 32.2. The Balaban J connectivity index is 1.42. The van der Waals surface area contributed by atoms with Crippen LogP contribution >= 0.6 is 23.1 Å². The smallest absolute Gasteiger partial charge is 0.407 e. The number of nitrogens with zero attached hydrogens (tertiary/aromatic N) is 2. The third kappa shape index (κ3) is 12.2. The van der Waals surface area contributed by atoms with E-state index in [2.05, 4.69) is 40.1 Å². The van der Waals surface area contributed by atoms with Crippen molar-refractivity contribution >= 4 is 41.1 Å². The zero-order chi connectivity index (χ0) is 34.5. The first kappa shape index (κ1) is 36.8. The van der Waals surface area contributed by atoms with Gasteiger partial charge < -0.3 is 30.9 Å². The molecule has 12 heteroatoms. The summed E-state index contributed by atoms with van der Waals surface area (Å²) >= 11 is 3.11. The molecule has 10 nitrogen and oxygen atoms in total. The van der Waals surface area contributed by atoms with Gasteiger partial charge in [-0.1, -0.05) is 74.5 Å².